The van der Waals surface area contributed by atoms with Gasteiger partial charge < -0.3 is 25.3 Å². The molecule has 0 fully saturated rings. The van der Waals surface area contributed by atoms with Crippen molar-refractivity contribution in [1.29, 1.82) is 5.41 Å². The largest absolute Gasteiger partial charge is 0.467 e. The summed E-state index contributed by atoms with van der Waals surface area (Å²) < 4.78 is 16.6. The van der Waals surface area contributed by atoms with E-state index in [4.69, 9.17) is 25.4 Å². The summed E-state index contributed by atoms with van der Waals surface area (Å²) in [4.78, 5) is 27.2. The SMILES string of the molecule is COCOc1cccc2cc(-c3ccccc3C(=O)Nc3ccc(C(=N)N)cc3)c(C(=O)OCc3ccccc3)cc12. The molecule has 1 amide bonds. The lowest BCUT2D eigenvalue weighted by molar-refractivity contribution is 0.0473. The normalized spacial score (nSPS) is 10.7. The second-order valence-electron chi connectivity index (χ2n) is 9.48. The number of methoxy groups -OCH3 is 1. The van der Waals surface area contributed by atoms with Crippen LogP contribution in [0, 0.1) is 5.41 Å². The molecule has 0 atom stereocenters. The van der Waals surface area contributed by atoms with Crippen molar-refractivity contribution in [2.24, 2.45) is 5.73 Å². The highest BCUT2D eigenvalue weighted by molar-refractivity contribution is 6.12. The highest BCUT2D eigenvalue weighted by atomic mass is 16.7. The average molecular weight is 560 g/mol. The minimum Gasteiger partial charge on any atom is -0.467 e. The van der Waals surface area contributed by atoms with E-state index in [0.29, 0.717) is 39.1 Å². The summed E-state index contributed by atoms with van der Waals surface area (Å²) in [6.45, 7) is 0.141. The van der Waals surface area contributed by atoms with Crippen LogP contribution in [0.15, 0.2) is 109 Å². The van der Waals surface area contributed by atoms with E-state index in [1.54, 1.807) is 54.6 Å². The van der Waals surface area contributed by atoms with Crippen LogP contribution in [0.1, 0.15) is 31.8 Å². The molecule has 0 spiro atoms. The molecule has 0 aliphatic heterocycles. The van der Waals surface area contributed by atoms with Gasteiger partial charge in [0.1, 0.15) is 18.2 Å². The van der Waals surface area contributed by atoms with Crippen LogP contribution in [0.3, 0.4) is 0 Å². The number of nitrogens with one attached hydrogen (secondary N) is 2. The Morgan fingerprint density at radius 3 is 2.29 bits per heavy atom. The van der Waals surface area contributed by atoms with Gasteiger partial charge in [0.2, 0.25) is 0 Å². The van der Waals surface area contributed by atoms with Crippen molar-refractivity contribution in [1.82, 2.24) is 0 Å². The molecule has 0 heterocycles. The fourth-order valence-electron chi connectivity index (χ4n) is 4.59. The van der Waals surface area contributed by atoms with E-state index >= 15 is 0 Å². The van der Waals surface area contributed by atoms with Gasteiger partial charge in [0.25, 0.3) is 5.91 Å². The van der Waals surface area contributed by atoms with E-state index in [0.717, 1.165) is 10.9 Å². The van der Waals surface area contributed by atoms with Gasteiger partial charge >= 0.3 is 5.97 Å². The van der Waals surface area contributed by atoms with Crippen molar-refractivity contribution >= 4 is 34.2 Å². The topological polar surface area (TPSA) is 124 Å². The fourth-order valence-corrected chi connectivity index (χ4v) is 4.59. The molecule has 8 heteroatoms. The molecule has 0 radical (unpaired) electrons. The van der Waals surface area contributed by atoms with Gasteiger partial charge in [0, 0.05) is 29.3 Å². The Bertz CT molecular complexity index is 1750. The van der Waals surface area contributed by atoms with Crippen molar-refractivity contribution in [3.63, 3.8) is 0 Å². The zero-order chi connectivity index (χ0) is 29.5. The van der Waals surface area contributed by atoms with Crippen molar-refractivity contribution in [2.45, 2.75) is 6.61 Å². The molecule has 0 saturated heterocycles. The second-order valence-corrected chi connectivity index (χ2v) is 9.48. The third-order valence-electron chi connectivity index (χ3n) is 6.66. The van der Waals surface area contributed by atoms with Crippen molar-refractivity contribution < 1.29 is 23.8 Å². The van der Waals surface area contributed by atoms with Crippen molar-refractivity contribution in [2.75, 3.05) is 19.2 Å². The van der Waals surface area contributed by atoms with Gasteiger partial charge in [-0.05, 0) is 70.6 Å². The first-order valence-corrected chi connectivity index (χ1v) is 13.2. The van der Waals surface area contributed by atoms with Gasteiger partial charge in [-0.3, -0.25) is 10.2 Å². The summed E-state index contributed by atoms with van der Waals surface area (Å²) in [5.74, 6) is -0.399. The number of nitrogen functional groups attached to an aromatic ring is 1. The van der Waals surface area contributed by atoms with Gasteiger partial charge in [0.05, 0.1) is 5.56 Å². The van der Waals surface area contributed by atoms with E-state index in [1.165, 1.54) is 7.11 Å². The second kappa shape index (κ2) is 12.8. The molecule has 5 aromatic rings. The Morgan fingerprint density at radius 2 is 1.55 bits per heavy atom. The molecule has 0 saturated carbocycles. The molecule has 5 rings (SSSR count). The van der Waals surface area contributed by atoms with Gasteiger partial charge in [0.15, 0.2) is 6.79 Å². The molecule has 0 aromatic heterocycles. The Morgan fingerprint density at radius 1 is 0.810 bits per heavy atom. The lowest BCUT2D eigenvalue weighted by Gasteiger charge is -2.17. The summed E-state index contributed by atoms with van der Waals surface area (Å²) in [5.41, 5.74) is 9.27. The van der Waals surface area contributed by atoms with Crippen LogP contribution in [0.2, 0.25) is 0 Å². The third-order valence-corrected chi connectivity index (χ3v) is 6.66. The molecular formula is C34H29N3O5. The summed E-state index contributed by atoms with van der Waals surface area (Å²) in [6, 6.07) is 32.4. The zero-order valence-corrected chi connectivity index (χ0v) is 22.9. The smallest absolute Gasteiger partial charge is 0.339 e. The maximum absolute atomic E-state index is 13.6. The molecule has 8 nitrogen and oxygen atoms in total. The van der Waals surface area contributed by atoms with E-state index in [-0.39, 0.29) is 30.7 Å². The Labute approximate surface area is 243 Å². The number of anilines is 1. The maximum Gasteiger partial charge on any atom is 0.339 e. The van der Waals surface area contributed by atoms with Crippen molar-refractivity contribution in [3.8, 4) is 16.9 Å². The standard InChI is InChI=1S/C34H29N3O5/c1-40-21-42-31-13-7-10-24-18-29(30(19-28(24)31)34(39)41-20-22-8-3-2-4-9-22)26-11-5-6-12-27(26)33(38)37-25-16-14-23(15-17-25)32(35)36/h2-19H,20-21H2,1H3,(H3,35,36)(H,37,38). The Balaban J connectivity index is 1.56. The molecule has 0 aliphatic rings. The van der Waals surface area contributed by atoms with Crippen LogP contribution in [0.25, 0.3) is 21.9 Å². The van der Waals surface area contributed by atoms with Crippen LogP contribution in [0.4, 0.5) is 5.69 Å². The van der Waals surface area contributed by atoms with Gasteiger partial charge in [-0.25, -0.2) is 4.79 Å². The first-order chi connectivity index (χ1) is 20.4. The lowest BCUT2D eigenvalue weighted by atomic mass is 9.92. The van der Waals surface area contributed by atoms with E-state index < -0.39 is 5.97 Å². The summed E-state index contributed by atoms with van der Waals surface area (Å²) >= 11 is 0. The number of benzene rings is 5. The quantitative estimate of drug-likeness (QED) is 0.0789. The van der Waals surface area contributed by atoms with Crippen LogP contribution in [0.5, 0.6) is 5.75 Å². The number of fused-ring (bicyclic) bond motifs is 1. The number of nitrogens with two attached hydrogens (primary N) is 1. The van der Waals surface area contributed by atoms with E-state index in [9.17, 15) is 9.59 Å². The minimum absolute atomic E-state index is 0.0467. The molecule has 4 N–H and O–H groups in total. The molecule has 0 aliphatic carbocycles. The monoisotopic (exact) mass is 559 g/mol. The minimum atomic E-state index is -0.535. The maximum atomic E-state index is 13.6. The number of carbonyl (C=O) groups excluding carboxylic acids is 2. The first-order valence-electron chi connectivity index (χ1n) is 13.2. The summed E-state index contributed by atoms with van der Waals surface area (Å²) in [5, 5.41) is 12.0. The number of amidine groups is 1. The first kappa shape index (κ1) is 28.1. The fraction of sp³-hybridized carbons (Fsp3) is 0.0882. The number of hydrogen-bond acceptors (Lipinski definition) is 6. The molecule has 210 valence electrons. The van der Waals surface area contributed by atoms with Crippen LogP contribution < -0.4 is 15.8 Å². The zero-order valence-electron chi connectivity index (χ0n) is 22.9. The molecule has 0 unspecified atom stereocenters. The third kappa shape index (κ3) is 6.29. The molecule has 0 bridgehead atoms. The van der Waals surface area contributed by atoms with Gasteiger partial charge in [-0.2, -0.15) is 0 Å². The number of ether oxygens (including phenoxy) is 3. The number of esters is 1. The highest BCUT2D eigenvalue weighted by Crippen LogP contribution is 2.35. The Kier molecular flexibility index (Phi) is 8.56. The highest BCUT2D eigenvalue weighted by Gasteiger charge is 2.22. The summed E-state index contributed by atoms with van der Waals surface area (Å²) in [7, 11) is 1.54. The predicted octanol–water partition coefficient (Wildman–Crippen LogP) is 6.38. The van der Waals surface area contributed by atoms with Crippen LogP contribution >= 0.6 is 0 Å². The van der Waals surface area contributed by atoms with Crippen LogP contribution in [-0.2, 0) is 16.1 Å². The molecule has 5 aromatic carbocycles. The molecule has 42 heavy (non-hydrogen) atoms. The summed E-state index contributed by atoms with van der Waals surface area (Å²) in [6.07, 6.45) is 0. The number of amides is 1. The van der Waals surface area contributed by atoms with Crippen molar-refractivity contribution in [3.05, 3.63) is 131 Å². The lowest BCUT2D eigenvalue weighted by Crippen LogP contribution is -2.15. The van der Waals surface area contributed by atoms with E-state index in [2.05, 4.69) is 5.32 Å². The van der Waals surface area contributed by atoms with E-state index in [1.807, 2.05) is 54.6 Å². The van der Waals surface area contributed by atoms with Gasteiger partial charge in [-0.15, -0.1) is 0 Å². The molecular weight excluding hydrogens is 530 g/mol. The Hall–Kier alpha value is -5.47. The number of rotatable bonds is 10. The average Bonchev–Trinajstić information content (AvgIpc) is 3.02. The van der Waals surface area contributed by atoms with Crippen LogP contribution in [-0.4, -0.2) is 31.6 Å². The predicted molar refractivity (Wildman–Crippen MR) is 163 cm³/mol. The number of hydrogen-bond donors (Lipinski definition) is 3. The van der Waals surface area contributed by atoms with Gasteiger partial charge in [-0.1, -0.05) is 60.7 Å². The number of carbonyl (C=O) groups is 2.